The number of hydrogen-bond donors (Lipinski definition) is 1. The van der Waals surface area contributed by atoms with Gasteiger partial charge in [-0.05, 0) is 31.2 Å². The van der Waals surface area contributed by atoms with Gasteiger partial charge in [0, 0.05) is 29.7 Å². The van der Waals surface area contributed by atoms with Crippen LogP contribution >= 0.6 is 11.3 Å². The fourth-order valence-corrected chi connectivity index (χ4v) is 4.06. The summed E-state index contributed by atoms with van der Waals surface area (Å²) < 4.78 is 23.5. The first-order chi connectivity index (χ1) is 10.9. The molecule has 0 bridgehead atoms. The molecule has 0 aliphatic carbocycles. The van der Waals surface area contributed by atoms with Crippen molar-refractivity contribution in [1.29, 1.82) is 0 Å². The smallest absolute Gasteiger partial charge is 0.238 e. The standard InChI is InChI=1S/C15H16N4O2S2/c1-10-18-8-11(22-10)9-19(2)13-5-6-14(23(16,20)21)12-4-3-7-17-15(12)13/h3-8H,9H2,1-2H3,(H2,16,20,21). The van der Waals surface area contributed by atoms with Crippen LogP contribution in [0, 0.1) is 6.92 Å². The molecule has 0 saturated heterocycles. The lowest BCUT2D eigenvalue weighted by molar-refractivity contribution is 0.598. The van der Waals surface area contributed by atoms with Gasteiger partial charge in [0.2, 0.25) is 10.0 Å². The van der Waals surface area contributed by atoms with Gasteiger partial charge in [-0.1, -0.05) is 0 Å². The van der Waals surface area contributed by atoms with Crippen LogP contribution in [-0.2, 0) is 16.6 Å². The third-order valence-electron chi connectivity index (χ3n) is 3.49. The van der Waals surface area contributed by atoms with Crippen molar-refractivity contribution in [2.24, 2.45) is 5.14 Å². The summed E-state index contributed by atoms with van der Waals surface area (Å²) >= 11 is 1.63. The molecule has 2 heterocycles. The highest BCUT2D eigenvalue weighted by molar-refractivity contribution is 7.89. The maximum absolute atomic E-state index is 11.8. The molecule has 0 atom stereocenters. The number of anilines is 1. The second-order valence-electron chi connectivity index (χ2n) is 5.23. The first-order valence-electron chi connectivity index (χ1n) is 6.89. The molecular weight excluding hydrogens is 332 g/mol. The number of hydrogen-bond acceptors (Lipinski definition) is 6. The summed E-state index contributed by atoms with van der Waals surface area (Å²) in [6.07, 6.45) is 3.49. The highest BCUT2D eigenvalue weighted by atomic mass is 32.2. The molecule has 3 rings (SSSR count). The predicted octanol–water partition coefficient (Wildman–Crippen LogP) is 2.28. The van der Waals surface area contributed by atoms with Gasteiger partial charge < -0.3 is 4.90 Å². The van der Waals surface area contributed by atoms with Gasteiger partial charge in [-0.25, -0.2) is 18.5 Å². The van der Waals surface area contributed by atoms with E-state index >= 15 is 0 Å². The van der Waals surface area contributed by atoms with Crippen molar-refractivity contribution < 1.29 is 8.42 Å². The van der Waals surface area contributed by atoms with Crippen LogP contribution in [0.4, 0.5) is 5.69 Å². The fraction of sp³-hybridized carbons (Fsp3) is 0.200. The SMILES string of the molecule is Cc1ncc(CN(C)c2ccc(S(N)(=O)=O)c3cccnc23)s1. The van der Waals surface area contributed by atoms with Gasteiger partial charge in [-0.3, -0.25) is 4.98 Å². The number of pyridine rings is 1. The second kappa shape index (κ2) is 5.88. The van der Waals surface area contributed by atoms with Gasteiger partial charge in [-0.15, -0.1) is 11.3 Å². The van der Waals surface area contributed by atoms with E-state index in [1.807, 2.05) is 25.1 Å². The molecule has 120 valence electrons. The second-order valence-corrected chi connectivity index (χ2v) is 8.08. The molecule has 0 saturated carbocycles. The Bertz CT molecular complexity index is 967. The lowest BCUT2D eigenvalue weighted by Crippen LogP contribution is -2.18. The number of fused-ring (bicyclic) bond motifs is 1. The van der Waals surface area contributed by atoms with E-state index in [1.165, 1.54) is 6.07 Å². The number of aryl methyl sites for hydroxylation is 1. The van der Waals surface area contributed by atoms with Crippen LogP contribution in [0.1, 0.15) is 9.88 Å². The molecule has 0 amide bonds. The molecule has 0 radical (unpaired) electrons. The Morgan fingerprint density at radius 3 is 2.70 bits per heavy atom. The van der Waals surface area contributed by atoms with Crippen LogP contribution in [-0.4, -0.2) is 25.4 Å². The number of rotatable bonds is 4. The largest absolute Gasteiger partial charge is 0.368 e. The van der Waals surface area contributed by atoms with Gasteiger partial charge in [0.05, 0.1) is 27.7 Å². The molecule has 1 aromatic carbocycles. The molecule has 23 heavy (non-hydrogen) atoms. The van der Waals surface area contributed by atoms with Crippen LogP contribution in [0.25, 0.3) is 10.9 Å². The Hall–Kier alpha value is -2.03. The fourth-order valence-electron chi connectivity index (χ4n) is 2.49. The highest BCUT2D eigenvalue weighted by Gasteiger charge is 2.17. The van der Waals surface area contributed by atoms with Crippen molar-refractivity contribution in [3.05, 3.63) is 46.5 Å². The summed E-state index contributed by atoms with van der Waals surface area (Å²) in [5.41, 5.74) is 1.46. The Labute approximate surface area is 138 Å². The number of sulfonamides is 1. The molecule has 8 heteroatoms. The van der Waals surface area contributed by atoms with Crippen LogP contribution in [0.2, 0.25) is 0 Å². The van der Waals surface area contributed by atoms with E-state index < -0.39 is 10.0 Å². The lowest BCUT2D eigenvalue weighted by atomic mass is 10.1. The summed E-state index contributed by atoms with van der Waals surface area (Å²) in [5.74, 6) is 0. The minimum absolute atomic E-state index is 0.0892. The number of benzene rings is 1. The maximum Gasteiger partial charge on any atom is 0.238 e. The van der Waals surface area contributed by atoms with Crippen LogP contribution in [0.3, 0.4) is 0 Å². The van der Waals surface area contributed by atoms with E-state index in [0.717, 1.165) is 15.6 Å². The van der Waals surface area contributed by atoms with E-state index in [0.29, 0.717) is 17.4 Å². The van der Waals surface area contributed by atoms with Crippen molar-refractivity contribution in [3.8, 4) is 0 Å². The highest BCUT2D eigenvalue weighted by Crippen LogP contribution is 2.30. The first kappa shape index (κ1) is 15.9. The molecule has 3 aromatic rings. The Kier molecular flexibility index (Phi) is 4.05. The number of primary sulfonamides is 1. The van der Waals surface area contributed by atoms with E-state index in [2.05, 4.69) is 9.97 Å². The van der Waals surface area contributed by atoms with Gasteiger partial charge in [0.25, 0.3) is 0 Å². The van der Waals surface area contributed by atoms with E-state index in [4.69, 9.17) is 5.14 Å². The first-order valence-corrected chi connectivity index (χ1v) is 9.25. The van der Waals surface area contributed by atoms with E-state index in [-0.39, 0.29) is 4.90 Å². The lowest BCUT2D eigenvalue weighted by Gasteiger charge is -2.20. The van der Waals surface area contributed by atoms with Crippen LogP contribution in [0.5, 0.6) is 0 Å². The third kappa shape index (κ3) is 3.19. The average Bonchev–Trinajstić information content (AvgIpc) is 2.90. The molecule has 6 nitrogen and oxygen atoms in total. The minimum Gasteiger partial charge on any atom is -0.368 e. The zero-order valence-corrected chi connectivity index (χ0v) is 14.4. The molecule has 0 fully saturated rings. The number of aromatic nitrogens is 2. The van der Waals surface area contributed by atoms with E-state index in [1.54, 1.807) is 35.7 Å². The molecule has 0 aliphatic rings. The third-order valence-corrected chi connectivity index (χ3v) is 5.35. The Morgan fingerprint density at radius 2 is 2.04 bits per heavy atom. The molecule has 0 spiro atoms. The Morgan fingerprint density at radius 1 is 1.26 bits per heavy atom. The summed E-state index contributed by atoms with van der Waals surface area (Å²) in [5, 5.41) is 6.84. The number of nitrogens with zero attached hydrogens (tertiary/aromatic N) is 3. The summed E-state index contributed by atoms with van der Waals surface area (Å²) in [4.78, 5) is 11.8. The van der Waals surface area contributed by atoms with Crippen molar-refractivity contribution in [2.75, 3.05) is 11.9 Å². The topological polar surface area (TPSA) is 89.2 Å². The molecule has 2 N–H and O–H groups in total. The zero-order chi connectivity index (χ0) is 16.6. The van der Waals surface area contributed by atoms with E-state index in [9.17, 15) is 8.42 Å². The maximum atomic E-state index is 11.8. The molecule has 0 aliphatic heterocycles. The minimum atomic E-state index is -3.79. The average molecular weight is 348 g/mol. The van der Waals surface area contributed by atoms with Crippen molar-refractivity contribution >= 4 is 38.0 Å². The number of thiazole rings is 1. The van der Waals surface area contributed by atoms with Gasteiger partial charge in [0.1, 0.15) is 0 Å². The van der Waals surface area contributed by atoms with Crippen molar-refractivity contribution in [2.45, 2.75) is 18.4 Å². The normalized spacial score (nSPS) is 11.8. The van der Waals surface area contributed by atoms with Crippen LogP contribution < -0.4 is 10.0 Å². The summed E-state index contributed by atoms with van der Waals surface area (Å²) in [6, 6.07) is 6.69. The molecule has 0 unspecified atom stereocenters. The quantitative estimate of drug-likeness (QED) is 0.781. The van der Waals surface area contributed by atoms with Gasteiger partial charge in [-0.2, -0.15) is 0 Å². The number of nitrogens with two attached hydrogens (primary N) is 1. The summed E-state index contributed by atoms with van der Waals surface area (Å²) in [6.45, 7) is 2.64. The van der Waals surface area contributed by atoms with Crippen LogP contribution in [0.15, 0.2) is 41.6 Å². The summed E-state index contributed by atoms with van der Waals surface area (Å²) in [7, 11) is -1.85. The predicted molar refractivity (Wildman–Crippen MR) is 92.1 cm³/mol. The van der Waals surface area contributed by atoms with Gasteiger partial charge in [0.15, 0.2) is 0 Å². The molecular formula is C15H16N4O2S2. The van der Waals surface area contributed by atoms with Gasteiger partial charge >= 0.3 is 0 Å². The van der Waals surface area contributed by atoms with Crippen molar-refractivity contribution in [3.63, 3.8) is 0 Å². The molecule has 2 aromatic heterocycles. The monoisotopic (exact) mass is 348 g/mol. The Balaban J connectivity index is 2.08. The zero-order valence-electron chi connectivity index (χ0n) is 12.7. The van der Waals surface area contributed by atoms with Crippen molar-refractivity contribution in [1.82, 2.24) is 9.97 Å².